The monoisotopic (exact) mass is 607 g/mol. The minimum absolute atomic E-state index is 0.0322. The van der Waals surface area contributed by atoms with Crippen molar-refractivity contribution >= 4 is 18.2 Å². The summed E-state index contributed by atoms with van der Waals surface area (Å²) in [6, 6.07) is 7.74. The van der Waals surface area contributed by atoms with Crippen molar-refractivity contribution < 1.29 is 23.0 Å². The lowest BCUT2D eigenvalue weighted by molar-refractivity contribution is -0.0396. The Morgan fingerprint density at radius 2 is 1.93 bits per heavy atom. The molecular formula is C34H43F2N5O3. The van der Waals surface area contributed by atoms with Gasteiger partial charge in [0, 0.05) is 37.2 Å². The van der Waals surface area contributed by atoms with E-state index in [-0.39, 0.29) is 35.0 Å². The highest BCUT2D eigenvalue weighted by Gasteiger charge is 2.39. The van der Waals surface area contributed by atoms with Gasteiger partial charge in [0.2, 0.25) is 0 Å². The summed E-state index contributed by atoms with van der Waals surface area (Å²) in [7, 11) is 1.94. The van der Waals surface area contributed by atoms with Crippen LogP contribution in [0.25, 0.3) is 11.3 Å². The van der Waals surface area contributed by atoms with E-state index < -0.39 is 11.6 Å². The summed E-state index contributed by atoms with van der Waals surface area (Å²) in [6.07, 6.45) is 8.42. The lowest BCUT2D eigenvalue weighted by atomic mass is 9.70. The first-order valence-corrected chi connectivity index (χ1v) is 15.2. The number of hydrogen-bond acceptors (Lipinski definition) is 8. The maximum absolute atomic E-state index is 14.4. The third-order valence-electron chi connectivity index (χ3n) is 8.59. The quantitative estimate of drug-likeness (QED) is 0.141. The Bertz CT molecular complexity index is 1410. The van der Waals surface area contributed by atoms with Gasteiger partial charge in [0.05, 0.1) is 37.8 Å². The molecule has 4 atom stereocenters. The molecule has 2 aromatic heterocycles. The van der Waals surface area contributed by atoms with Crippen LogP contribution in [0.4, 0.5) is 14.5 Å². The number of nitrogens with two attached hydrogens (primary N) is 1. The SMILES string of the molecule is CNc1cnccc1C1CC(N)C(OCCC=N)C(C(C)C)C1.Cc1cc(C2COC2)cc(F)c1-c1nc(C=O)ccc1F. The molecule has 5 rings (SSSR count). The van der Waals surface area contributed by atoms with Crippen LogP contribution >= 0.6 is 0 Å². The number of nitrogens with zero attached hydrogens (tertiary/aromatic N) is 2. The Labute approximate surface area is 258 Å². The highest BCUT2D eigenvalue weighted by molar-refractivity contribution is 5.75. The minimum Gasteiger partial charge on any atom is -0.387 e. The van der Waals surface area contributed by atoms with Crippen molar-refractivity contribution in [3.05, 3.63) is 76.7 Å². The number of ether oxygens (including phenoxy) is 2. The Kier molecular flexibility index (Phi) is 11.7. The number of pyridine rings is 2. The van der Waals surface area contributed by atoms with Gasteiger partial charge < -0.3 is 25.9 Å². The minimum atomic E-state index is -0.651. The summed E-state index contributed by atoms with van der Waals surface area (Å²) in [5.41, 5.74) is 10.4. The molecule has 236 valence electrons. The van der Waals surface area contributed by atoms with Gasteiger partial charge in [-0.1, -0.05) is 19.9 Å². The normalized spacial score (nSPS) is 21.6. The van der Waals surface area contributed by atoms with Gasteiger partial charge in [0.25, 0.3) is 0 Å². The molecule has 1 saturated heterocycles. The van der Waals surface area contributed by atoms with Crippen LogP contribution in [-0.2, 0) is 9.47 Å². The number of aromatic nitrogens is 2. The van der Waals surface area contributed by atoms with Crippen molar-refractivity contribution in [2.24, 2.45) is 17.6 Å². The Balaban J connectivity index is 0.000000201. The lowest BCUT2D eigenvalue weighted by Crippen LogP contribution is -2.49. The van der Waals surface area contributed by atoms with Gasteiger partial charge in [-0.05, 0) is 84.7 Å². The zero-order valence-corrected chi connectivity index (χ0v) is 25.9. The summed E-state index contributed by atoms with van der Waals surface area (Å²) in [5.74, 6) is 0.395. The second-order valence-electron chi connectivity index (χ2n) is 11.9. The van der Waals surface area contributed by atoms with E-state index >= 15 is 0 Å². The maximum Gasteiger partial charge on any atom is 0.168 e. The standard InChI is InChI=1S/C18H30N4O.C16H13F2NO2/c1-12(2)15-9-13(14-5-7-22-11-17(14)21-3)10-16(20)18(15)23-8-4-6-19;1-9-4-10(11-7-21-8-11)5-14(18)15(9)16-13(17)3-2-12(6-20)19-16/h5-7,11-13,15-16,18-19,21H,4,8-10,20H2,1-3H3;2-6,11H,7-8H2,1H3. The van der Waals surface area contributed by atoms with Crippen molar-refractivity contribution in [3.63, 3.8) is 0 Å². The first kappa shape index (κ1) is 33.3. The molecule has 3 aromatic rings. The summed E-state index contributed by atoms with van der Waals surface area (Å²) in [6.45, 7) is 7.94. The van der Waals surface area contributed by atoms with Crippen LogP contribution in [0.2, 0.25) is 0 Å². The number of nitrogens with one attached hydrogen (secondary N) is 2. The fourth-order valence-electron chi connectivity index (χ4n) is 6.16. The molecule has 0 bridgehead atoms. The molecule has 2 fully saturated rings. The molecule has 4 unspecified atom stereocenters. The highest BCUT2D eigenvalue weighted by Crippen LogP contribution is 2.42. The van der Waals surface area contributed by atoms with E-state index in [9.17, 15) is 13.6 Å². The van der Waals surface area contributed by atoms with Crippen molar-refractivity contribution in [3.8, 4) is 11.3 Å². The van der Waals surface area contributed by atoms with Gasteiger partial charge in [0.15, 0.2) is 6.29 Å². The van der Waals surface area contributed by atoms with Gasteiger partial charge >= 0.3 is 0 Å². The first-order valence-electron chi connectivity index (χ1n) is 15.2. The van der Waals surface area contributed by atoms with E-state index in [1.54, 1.807) is 6.92 Å². The van der Waals surface area contributed by atoms with Crippen molar-refractivity contribution in [2.45, 2.75) is 64.0 Å². The van der Waals surface area contributed by atoms with E-state index in [1.165, 1.54) is 23.9 Å². The van der Waals surface area contributed by atoms with Crippen LogP contribution in [0.1, 0.15) is 72.1 Å². The topological polar surface area (TPSA) is 123 Å². The zero-order chi connectivity index (χ0) is 31.8. The molecule has 0 spiro atoms. The highest BCUT2D eigenvalue weighted by atomic mass is 19.1. The molecule has 3 heterocycles. The number of anilines is 1. The predicted octanol–water partition coefficient (Wildman–Crippen LogP) is 6.29. The number of halogens is 2. The average molecular weight is 608 g/mol. The predicted molar refractivity (Wildman–Crippen MR) is 168 cm³/mol. The van der Waals surface area contributed by atoms with Gasteiger partial charge in [-0.15, -0.1) is 0 Å². The Morgan fingerprint density at radius 3 is 2.55 bits per heavy atom. The third kappa shape index (κ3) is 7.72. The van der Waals surface area contributed by atoms with Crippen molar-refractivity contribution in [1.29, 1.82) is 5.41 Å². The molecule has 2 aliphatic rings. The molecule has 44 heavy (non-hydrogen) atoms. The Hall–Kier alpha value is -3.60. The number of aldehydes is 1. The molecule has 1 aliphatic carbocycles. The second kappa shape index (κ2) is 15.4. The number of carbonyl (C=O) groups is 1. The smallest absolute Gasteiger partial charge is 0.168 e. The lowest BCUT2D eigenvalue weighted by Gasteiger charge is -2.42. The molecular weight excluding hydrogens is 564 g/mol. The molecule has 1 aliphatic heterocycles. The number of aryl methyl sites for hydroxylation is 1. The summed E-state index contributed by atoms with van der Waals surface area (Å²) < 4.78 is 39.5. The number of hydrogen-bond donors (Lipinski definition) is 3. The van der Waals surface area contributed by atoms with Crippen LogP contribution < -0.4 is 11.1 Å². The van der Waals surface area contributed by atoms with E-state index in [1.807, 2.05) is 25.5 Å². The second-order valence-corrected chi connectivity index (χ2v) is 11.9. The van der Waals surface area contributed by atoms with Crippen LogP contribution in [0.3, 0.4) is 0 Å². The van der Waals surface area contributed by atoms with E-state index in [2.05, 4.69) is 35.2 Å². The van der Waals surface area contributed by atoms with E-state index in [4.69, 9.17) is 20.6 Å². The van der Waals surface area contributed by atoms with Gasteiger partial charge in [-0.2, -0.15) is 0 Å². The number of rotatable bonds is 10. The molecule has 4 N–H and O–H groups in total. The fourth-order valence-corrected chi connectivity index (χ4v) is 6.16. The number of benzene rings is 1. The summed E-state index contributed by atoms with van der Waals surface area (Å²) in [4.78, 5) is 18.9. The zero-order valence-electron chi connectivity index (χ0n) is 25.9. The molecule has 1 saturated carbocycles. The Morgan fingerprint density at radius 1 is 1.16 bits per heavy atom. The molecule has 8 nitrogen and oxygen atoms in total. The number of carbonyl (C=O) groups excluding carboxylic acids is 1. The van der Waals surface area contributed by atoms with Crippen LogP contribution in [0.5, 0.6) is 0 Å². The van der Waals surface area contributed by atoms with Crippen molar-refractivity contribution in [2.75, 3.05) is 32.2 Å². The molecule has 0 amide bonds. The maximum atomic E-state index is 14.4. The van der Waals surface area contributed by atoms with E-state index in [0.29, 0.717) is 55.8 Å². The van der Waals surface area contributed by atoms with Gasteiger partial charge in [-0.3, -0.25) is 9.78 Å². The van der Waals surface area contributed by atoms with Crippen LogP contribution in [-0.4, -0.2) is 61.5 Å². The largest absolute Gasteiger partial charge is 0.387 e. The molecule has 0 radical (unpaired) electrons. The van der Waals surface area contributed by atoms with Crippen LogP contribution in [0.15, 0.2) is 42.7 Å². The summed E-state index contributed by atoms with van der Waals surface area (Å²) in [5, 5.41) is 10.4. The van der Waals surface area contributed by atoms with Gasteiger partial charge in [-0.25, -0.2) is 13.8 Å². The average Bonchev–Trinajstić information content (AvgIpc) is 2.97. The first-order chi connectivity index (χ1) is 21.2. The van der Waals surface area contributed by atoms with Gasteiger partial charge in [0.1, 0.15) is 23.0 Å². The van der Waals surface area contributed by atoms with E-state index in [0.717, 1.165) is 30.2 Å². The third-order valence-corrected chi connectivity index (χ3v) is 8.59. The fraction of sp³-hybridized carbons (Fsp3) is 0.471. The van der Waals surface area contributed by atoms with Crippen LogP contribution in [0, 0.1) is 35.8 Å². The molecule has 1 aromatic carbocycles. The van der Waals surface area contributed by atoms with Crippen molar-refractivity contribution in [1.82, 2.24) is 9.97 Å². The molecule has 10 heteroatoms. The summed E-state index contributed by atoms with van der Waals surface area (Å²) >= 11 is 0.